The van der Waals surface area contributed by atoms with Crippen LogP contribution < -0.4 is 4.90 Å². The summed E-state index contributed by atoms with van der Waals surface area (Å²) in [6, 6.07) is 8.07. The Labute approximate surface area is 114 Å². The van der Waals surface area contributed by atoms with Crippen molar-refractivity contribution in [3.05, 3.63) is 47.8 Å². The summed E-state index contributed by atoms with van der Waals surface area (Å²) in [6.07, 6.45) is 4.28. The Morgan fingerprint density at radius 3 is 2.53 bits per heavy atom. The van der Waals surface area contributed by atoms with E-state index in [0.717, 1.165) is 24.2 Å². The number of hydrogen-bond donors (Lipinski definition) is 1. The predicted molar refractivity (Wildman–Crippen MR) is 77.0 cm³/mol. The number of aliphatic hydroxyl groups is 1. The summed E-state index contributed by atoms with van der Waals surface area (Å²) in [7, 11) is 3.97. The Balaban J connectivity index is 2.05. The van der Waals surface area contributed by atoms with Gasteiger partial charge in [0.15, 0.2) is 0 Å². The molecule has 0 aliphatic carbocycles. The lowest BCUT2D eigenvalue weighted by Gasteiger charge is -2.19. The van der Waals surface area contributed by atoms with E-state index in [1.807, 2.05) is 55.3 Å². The molecule has 0 amide bonds. The summed E-state index contributed by atoms with van der Waals surface area (Å²) in [6.45, 7) is 2.80. The van der Waals surface area contributed by atoms with Crippen LogP contribution in [0.5, 0.6) is 0 Å². The van der Waals surface area contributed by atoms with Crippen molar-refractivity contribution in [2.45, 2.75) is 26.0 Å². The fourth-order valence-corrected chi connectivity index (χ4v) is 2.11. The molecule has 1 N–H and O–H groups in total. The molecule has 102 valence electrons. The van der Waals surface area contributed by atoms with Gasteiger partial charge in [0.1, 0.15) is 0 Å². The number of anilines is 1. The molecular weight excluding hydrogens is 238 g/mol. The van der Waals surface area contributed by atoms with Crippen molar-refractivity contribution in [2.24, 2.45) is 7.05 Å². The van der Waals surface area contributed by atoms with Crippen molar-refractivity contribution in [1.29, 1.82) is 0 Å². The smallest absolute Gasteiger partial charge is 0.0787 e. The lowest BCUT2D eigenvalue weighted by Crippen LogP contribution is -2.16. The highest BCUT2D eigenvalue weighted by Crippen LogP contribution is 2.21. The molecule has 0 spiro atoms. The summed E-state index contributed by atoms with van der Waals surface area (Å²) in [5, 5.41) is 13.9. The number of hydrogen-bond acceptors (Lipinski definition) is 3. The Morgan fingerprint density at radius 2 is 2.00 bits per heavy atom. The molecule has 19 heavy (non-hydrogen) atoms. The van der Waals surface area contributed by atoms with Crippen LogP contribution in [-0.4, -0.2) is 21.9 Å². The lowest BCUT2D eigenvalue weighted by atomic mass is 10.1. The van der Waals surface area contributed by atoms with Crippen LogP contribution in [0.15, 0.2) is 36.7 Å². The van der Waals surface area contributed by atoms with E-state index in [1.54, 1.807) is 0 Å². The van der Waals surface area contributed by atoms with Gasteiger partial charge in [-0.05, 0) is 24.1 Å². The van der Waals surface area contributed by atoms with E-state index in [2.05, 4.69) is 17.0 Å². The average molecular weight is 259 g/mol. The Hall–Kier alpha value is -1.81. The summed E-state index contributed by atoms with van der Waals surface area (Å²) in [5.41, 5.74) is 3.29. The van der Waals surface area contributed by atoms with Crippen molar-refractivity contribution in [1.82, 2.24) is 9.78 Å². The molecule has 2 aromatic rings. The molecule has 0 bridgehead atoms. The minimum atomic E-state index is -0.363. The maximum absolute atomic E-state index is 9.77. The summed E-state index contributed by atoms with van der Waals surface area (Å²) >= 11 is 0. The molecule has 0 radical (unpaired) electrons. The molecule has 1 atom stereocenters. The van der Waals surface area contributed by atoms with E-state index in [0.29, 0.717) is 0 Å². The highest BCUT2D eigenvalue weighted by atomic mass is 16.3. The SMILES string of the molecule is CC[C@H](O)c1ccc(N(C)Cc2cnn(C)c2)cc1. The molecule has 4 nitrogen and oxygen atoms in total. The van der Waals surface area contributed by atoms with Crippen molar-refractivity contribution in [3.8, 4) is 0 Å². The van der Waals surface area contributed by atoms with Crippen LogP contribution in [0.3, 0.4) is 0 Å². The van der Waals surface area contributed by atoms with E-state index in [9.17, 15) is 5.11 Å². The second kappa shape index (κ2) is 5.89. The third kappa shape index (κ3) is 3.35. The quantitative estimate of drug-likeness (QED) is 0.897. The van der Waals surface area contributed by atoms with Gasteiger partial charge in [0, 0.05) is 38.1 Å². The normalized spacial score (nSPS) is 12.4. The predicted octanol–water partition coefficient (Wildman–Crippen LogP) is 2.50. The van der Waals surface area contributed by atoms with E-state index in [-0.39, 0.29) is 6.10 Å². The molecule has 0 aliphatic rings. The molecule has 1 aromatic carbocycles. The summed E-state index contributed by atoms with van der Waals surface area (Å²) in [4.78, 5) is 2.17. The maximum Gasteiger partial charge on any atom is 0.0787 e. The first-order valence-electron chi connectivity index (χ1n) is 6.57. The van der Waals surface area contributed by atoms with Gasteiger partial charge in [-0.15, -0.1) is 0 Å². The standard InChI is InChI=1S/C15H21N3O/c1-4-15(19)13-5-7-14(8-6-13)17(2)10-12-9-16-18(3)11-12/h5-9,11,15,19H,4,10H2,1-3H3/t15-/m0/s1. The molecule has 0 saturated heterocycles. The second-order valence-corrected chi connectivity index (χ2v) is 4.89. The van der Waals surface area contributed by atoms with Crippen LogP contribution in [0.4, 0.5) is 5.69 Å². The van der Waals surface area contributed by atoms with Gasteiger partial charge in [0.25, 0.3) is 0 Å². The van der Waals surface area contributed by atoms with Crippen molar-refractivity contribution < 1.29 is 5.11 Å². The maximum atomic E-state index is 9.77. The molecule has 1 heterocycles. The van der Waals surface area contributed by atoms with Gasteiger partial charge >= 0.3 is 0 Å². The van der Waals surface area contributed by atoms with Crippen LogP contribution >= 0.6 is 0 Å². The second-order valence-electron chi connectivity index (χ2n) is 4.89. The van der Waals surface area contributed by atoms with Gasteiger partial charge in [0.2, 0.25) is 0 Å². The van der Waals surface area contributed by atoms with Gasteiger partial charge in [-0.3, -0.25) is 4.68 Å². The van der Waals surface area contributed by atoms with E-state index >= 15 is 0 Å². The first-order chi connectivity index (χ1) is 9.10. The third-order valence-electron chi connectivity index (χ3n) is 3.28. The molecule has 0 fully saturated rings. The monoisotopic (exact) mass is 259 g/mol. The highest BCUT2D eigenvalue weighted by molar-refractivity contribution is 5.47. The number of nitrogens with zero attached hydrogens (tertiary/aromatic N) is 3. The fraction of sp³-hybridized carbons (Fsp3) is 0.400. The van der Waals surface area contributed by atoms with Crippen molar-refractivity contribution >= 4 is 5.69 Å². The average Bonchev–Trinajstić information content (AvgIpc) is 2.83. The van der Waals surface area contributed by atoms with Crippen molar-refractivity contribution in [2.75, 3.05) is 11.9 Å². The van der Waals surface area contributed by atoms with Gasteiger partial charge < -0.3 is 10.0 Å². The molecule has 1 aromatic heterocycles. The summed E-state index contributed by atoms with van der Waals surface area (Å²) < 4.78 is 1.81. The first kappa shape index (κ1) is 13.6. The van der Waals surface area contributed by atoms with Crippen molar-refractivity contribution in [3.63, 3.8) is 0 Å². The molecule has 4 heteroatoms. The Bertz CT molecular complexity index is 518. The number of benzene rings is 1. The third-order valence-corrected chi connectivity index (χ3v) is 3.28. The minimum absolute atomic E-state index is 0.363. The minimum Gasteiger partial charge on any atom is -0.388 e. The number of aromatic nitrogens is 2. The zero-order chi connectivity index (χ0) is 13.8. The molecule has 0 aliphatic heterocycles. The van der Waals surface area contributed by atoms with E-state index < -0.39 is 0 Å². The number of aryl methyl sites for hydroxylation is 1. The summed E-state index contributed by atoms with van der Waals surface area (Å²) in [5.74, 6) is 0. The Morgan fingerprint density at radius 1 is 1.32 bits per heavy atom. The molecule has 0 saturated carbocycles. The van der Waals surface area contributed by atoms with Crippen LogP contribution in [0, 0.1) is 0 Å². The Kier molecular flexibility index (Phi) is 4.22. The van der Waals surface area contributed by atoms with Crippen LogP contribution in [-0.2, 0) is 13.6 Å². The van der Waals surface area contributed by atoms with Crippen LogP contribution in [0.25, 0.3) is 0 Å². The number of rotatable bonds is 5. The van der Waals surface area contributed by atoms with Gasteiger partial charge in [-0.2, -0.15) is 5.10 Å². The number of aliphatic hydroxyl groups excluding tert-OH is 1. The molecule has 2 rings (SSSR count). The molecular formula is C15H21N3O. The van der Waals surface area contributed by atoms with Crippen LogP contribution in [0.1, 0.15) is 30.6 Å². The molecule has 0 unspecified atom stereocenters. The highest BCUT2D eigenvalue weighted by Gasteiger charge is 2.07. The van der Waals surface area contributed by atoms with E-state index in [1.165, 1.54) is 5.56 Å². The fourth-order valence-electron chi connectivity index (χ4n) is 2.11. The van der Waals surface area contributed by atoms with Gasteiger partial charge in [-0.1, -0.05) is 19.1 Å². The topological polar surface area (TPSA) is 41.3 Å². The van der Waals surface area contributed by atoms with Gasteiger partial charge in [-0.25, -0.2) is 0 Å². The first-order valence-corrected chi connectivity index (χ1v) is 6.57. The zero-order valence-electron chi connectivity index (χ0n) is 11.7. The van der Waals surface area contributed by atoms with Crippen LogP contribution in [0.2, 0.25) is 0 Å². The van der Waals surface area contributed by atoms with Gasteiger partial charge in [0.05, 0.1) is 12.3 Å². The van der Waals surface area contributed by atoms with E-state index in [4.69, 9.17) is 0 Å². The zero-order valence-corrected chi connectivity index (χ0v) is 11.7. The lowest BCUT2D eigenvalue weighted by molar-refractivity contribution is 0.173. The largest absolute Gasteiger partial charge is 0.388 e.